The smallest absolute Gasteiger partial charge is 0.303 e. The van der Waals surface area contributed by atoms with Crippen LogP contribution in [0, 0.1) is 0 Å². The van der Waals surface area contributed by atoms with Crippen LogP contribution in [0.1, 0.15) is 69.9 Å². The number of benzene rings is 2. The second kappa shape index (κ2) is 25.1. The Morgan fingerprint density at radius 2 is 1.29 bits per heavy atom. The maximum absolute atomic E-state index is 12.5. The highest BCUT2D eigenvalue weighted by Gasteiger charge is 2.48. The van der Waals surface area contributed by atoms with Crippen LogP contribution in [0.15, 0.2) is 70.1 Å². The lowest BCUT2D eigenvalue weighted by Gasteiger charge is -2.30. The van der Waals surface area contributed by atoms with Crippen LogP contribution in [-0.4, -0.2) is 159 Å². The van der Waals surface area contributed by atoms with Gasteiger partial charge in [-0.15, -0.1) is 0 Å². The van der Waals surface area contributed by atoms with Gasteiger partial charge in [0.2, 0.25) is 5.69 Å². The molecule has 2 unspecified atom stereocenters. The number of unbranched alkanes of at least 4 members (excludes halogenated alkanes) is 2. The van der Waals surface area contributed by atoms with E-state index in [9.17, 15) is 48.8 Å². The quantitative estimate of drug-likeness (QED) is 0.0518. The van der Waals surface area contributed by atoms with E-state index in [4.69, 9.17) is 28.4 Å². The molecule has 0 radical (unpaired) electrons. The van der Waals surface area contributed by atoms with Crippen molar-refractivity contribution in [1.29, 1.82) is 0 Å². The molecule has 370 valence electrons. The fraction of sp³-hybridized carbons (Fsp3) is 0.591. The highest BCUT2D eigenvalue weighted by Crippen LogP contribution is 2.51. The Balaban J connectivity index is 1.84. The van der Waals surface area contributed by atoms with Gasteiger partial charge in [0, 0.05) is 81.3 Å². The molecule has 0 saturated heterocycles. The van der Waals surface area contributed by atoms with Gasteiger partial charge in [0.15, 0.2) is 5.71 Å². The number of nitrogens with zero attached hydrogens (tertiary/aromatic N) is 2. The first-order valence-electron chi connectivity index (χ1n) is 21.7. The number of rotatable bonds is 32. The summed E-state index contributed by atoms with van der Waals surface area (Å²) in [7, 11) is -10.7. The molecule has 2 atom stereocenters. The summed E-state index contributed by atoms with van der Waals surface area (Å²) >= 11 is 0. The Kier molecular flexibility index (Phi) is 20.9. The fourth-order valence-electron chi connectivity index (χ4n) is 8.23. The molecule has 3 N–H and O–H groups in total. The number of hydrogen-bond donors (Lipinski definition) is 3. The van der Waals surface area contributed by atoms with E-state index in [2.05, 4.69) is 0 Å². The molecular formula is C44H64N2O17S3. The molecule has 66 heavy (non-hydrogen) atoms. The average Bonchev–Trinajstić information content (AvgIpc) is 3.61. The maximum atomic E-state index is 12.5. The second-order valence-electron chi connectivity index (χ2n) is 16.3. The number of carboxylic acid groups (broad SMARTS) is 1. The van der Waals surface area contributed by atoms with Crippen molar-refractivity contribution < 1.29 is 81.8 Å². The number of allylic oxidation sites excluding steroid dienone is 4. The third-order valence-corrected chi connectivity index (χ3v) is 14.2. The molecule has 2 aliphatic heterocycles. The largest absolute Gasteiger partial charge is 0.744 e. The summed E-state index contributed by atoms with van der Waals surface area (Å²) in [6.45, 7) is 7.41. The van der Waals surface area contributed by atoms with Crippen molar-refractivity contribution in [2.24, 2.45) is 0 Å². The normalized spacial score (nSPS) is 19.4. The minimum absolute atomic E-state index is 0.0000737. The van der Waals surface area contributed by atoms with Gasteiger partial charge in [0.25, 0.3) is 20.2 Å². The van der Waals surface area contributed by atoms with Crippen molar-refractivity contribution in [3.63, 3.8) is 0 Å². The summed E-state index contributed by atoms with van der Waals surface area (Å²) in [6.07, 6.45) is 7.69. The monoisotopic (exact) mass is 988 g/mol. The Labute approximate surface area is 388 Å². The summed E-state index contributed by atoms with van der Waals surface area (Å²) in [5, 5.41) is 9.25. The number of carbonyl (C=O) groups is 1. The van der Waals surface area contributed by atoms with Gasteiger partial charge < -0.3 is 43.0 Å². The van der Waals surface area contributed by atoms with Gasteiger partial charge in [0.05, 0.1) is 73.8 Å². The minimum atomic E-state index is -4.89. The molecule has 0 spiro atoms. The number of aliphatic carboxylic acids is 1. The molecule has 0 amide bonds. The van der Waals surface area contributed by atoms with E-state index in [0.717, 1.165) is 5.70 Å². The summed E-state index contributed by atoms with van der Waals surface area (Å²) in [5.74, 6) is -1.46. The Hall–Kier alpha value is -3.65. The Morgan fingerprint density at radius 3 is 1.85 bits per heavy atom. The number of anilines is 1. The van der Waals surface area contributed by atoms with Crippen LogP contribution < -0.4 is 4.90 Å². The van der Waals surface area contributed by atoms with Crippen LogP contribution in [0.2, 0.25) is 0 Å². The molecule has 0 aromatic heterocycles. The van der Waals surface area contributed by atoms with Crippen LogP contribution in [0.3, 0.4) is 0 Å². The van der Waals surface area contributed by atoms with Gasteiger partial charge in [-0.1, -0.05) is 12.5 Å². The average molecular weight is 989 g/mol. The van der Waals surface area contributed by atoms with Crippen molar-refractivity contribution >= 4 is 53.4 Å². The van der Waals surface area contributed by atoms with Gasteiger partial charge in [-0.3, -0.25) is 13.9 Å². The summed E-state index contributed by atoms with van der Waals surface area (Å²) in [6, 6.07) is 8.42. The third kappa shape index (κ3) is 15.4. The molecule has 2 heterocycles. The lowest BCUT2D eigenvalue weighted by molar-refractivity contribution is -0.437. The first kappa shape index (κ1) is 55.0. The molecule has 0 saturated carbocycles. The van der Waals surface area contributed by atoms with Crippen molar-refractivity contribution in [3.8, 4) is 0 Å². The molecular weight excluding hydrogens is 925 g/mol. The minimum Gasteiger partial charge on any atom is -0.744 e. The molecule has 22 heteroatoms. The van der Waals surface area contributed by atoms with E-state index in [-0.39, 0.29) is 63.7 Å². The molecule has 0 aliphatic carbocycles. The van der Waals surface area contributed by atoms with Gasteiger partial charge in [-0.2, -0.15) is 21.4 Å². The Morgan fingerprint density at radius 1 is 0.727 bits per heavy atom. The highest BCUT2D eigenvalue weighted by atomic mass is 32.2. The standard InChI is InChI=1S/C44H64N2O17S3/c1-43(17-21-60-27-29-62-25-23-58-3)36-32-34(65(52,53)54)13-15-38(36)45(19-7-5-6-12-42(47)48)40(43)10-8-11-41-44(2,18-22-61-28-30-63-26-24-59-4)37-33-35(66(55,56)57)14-16-39(37)46(41)20-9-31-64(49,50)51/h8,10-11,13-16,32-33H,5-7,9,12,17-31H2,1-4H3,(H3-,47,48,49,50,51,52,53,54,55,56,57). The molecule has 19 nitrogen and oxygen atoms in total. The van der Waals surface area contributed by atoms with E-state index >= 15 is 0 Å². The molecule has 4 rings (SSSR count). The van der Waals surface area contributed by atoms with E-state index in [0.29, 0.717) is 93.5 Å². The summed E-state index contributed by atoms with van der Waals surface area (Å²) in [5.41, 5.74) is 1.69. The zero-order valence-electron chi connectivity index (χ0n) is 38.0. The van der Waals surface area contributed by atoms with Gasteiger partial charge in [-0.05, 0) is 81.5 Å². The van der Waals surface area contributed by atoms with Crippen LogP contribution in [0.25, 0.3) is 0 Å². The molecule has 2 aromatic carbocycles. The molecule has 2 aromatic rings. The van der Waals surface area contributed by atoms with Crippen molar-refractivity contribution in [1.82, 2.24) is 0 Å². The van der Waals surface area contributed by atoms with Crippen molar-refractivity contribution in [3.05, 3.63) is 71.5 Å². The molecule has 0 bridgehead atoms. The van der Waals surface area contributed by atoms with Crippen LogP contribution in [0.4, 0.5) is 11.4 Å². The van der Waals surface area contributed by atoms with Gasteiger partial charge in [-0.25, -0.2) is 8.42 Å². The number of methoxy groups -OCH3 is 2. The fourth-order valence-corrected chi connectivity index (χ4v) is 9.72. The maximum Gasteiger partial charge on any atom is 0.303 e. The van der Waals surface area contributed by atoms with Crippen LogP contribution in [0.5, 0.6) is 0 Å². The number of fused-ring (bicyclic) bond motifs is 2. The third-order valence-electron chi connectivity index (χ3n) is 11.7. The van der Waals surface area contributed by atoms with E-state index in [1.54, 1.807) is 26.4 Å². The first-order chi connectivity index (χ1) is 31.2. The SMILES string of the molecule is COCCOCCOCCC1(C)C(=CC=CC2=[N+](CCCS(=O)(=O)O)c3ccc(S(=O)(=O)[O-])cc3C2(C)CCOCCOCCOC)N(CCCCCC(=O)O)c2ccc(S(=O)(=O)O)cc21. The van der Waals surface area contributed by atoms with Crippen molar-refractivity contribution in [2.75, 3.05) is 104 Å². The van der Waals surface area contributed by atoms with Crippen molar-refractivity contribution in [2.45, 2.75) is 79.4 Å². The van der Waals surface area contributed by atoms with Gasteiger partial charge >= 0.3 is 5.97 Å². The highest BCUT2D eigenvalue weighted by molar-refractivity contribution is 7.86. The number of hydrogen-bond acceptors (Lipinski definition) is 15. The second-order valence-corrected chi connectivity index (χ2v) is 20.7. The van der Waals surface area contributed by atoms with Gasteiger partial charge in [0.1, 0.15) is 16.7 Å². The predicted octanol–water partition coefficient (Wildman–Crippen LogP) is 4.47. The Bertz CT molecular complexity index is 2390. The molecule has 2 aliphatic rings. The molecule has 0 fully saturated rings. The lowest BCUT2D eigenvalue weighted by Crippen LogP contribution is -2.33. The summed E-state index contributed by atoms with van der Waals surface area (Å²) < 4.78 is 140. The van der Waals surface area contributed by atoms with E-state index in [1.807, 2.05) is 35.5 Å². The zero-order chi connectivity index (χ0) is 48.6. The van der Waals surface area contributed by atoms with Crippen LogP contribution in [-0.2, 0) is 74.4 Å². The zero-order valence-corrected chi connectivity index (χ0v) is 40.5. The first-order valence-corrected chi connectivity index (χ1v) is 26.1. The van der Waals surface area contributed by atoms with E-state index < -0.39 is 57.8 Å². The van der Waals surface area contributed by atoms with E-state index in [1.165, 1.54) is 30.3 Å². The number of carboxylic acids is 1. The predicted molar refractivity (Wildman–Crippen MR) is 243 cm³/mol. The summed E-state index contributed by atoms with van der Waals surface area (Å²) in [4.78, 5) is 12.6. The van der Waals surface area contributed by atoms with Crippen LogP contribution >= 0.6 is 0 Å². The topological polar surface area (TPSA) is 265 Å². The lowest BCUT2D eigenvalue weighted by atomic mass is 9.76. The number of ether oxygens (including phenoxy) is 6.